The van der Waals surface area contributed by atoms with Crippen LogP contribution < -0.4 is 0 Å². The van der Waals surface area contributed by atoms with Crippen LogP contribution in [0.15, 0.2) is 0 Å². The maximum absolute atomic E-state index is 9.79. The van der Waals surface area contributed by atoms with E-state index in [9.17, 15) is 10.2 Å². The van der Waals surface area contributed by atoms with Crippen molar-refractivity contribution in [2.45, 2.75) is 316 Å². The van der Waals surface area contributed by atoms with Crippen LogP contribution in [0.1, 0.15) is 292 Å². The molecule has 18 atom stereocenters. The summed E-state index contributed by atoms with van der Waals surface area (Å²) in [4.78, 5) is 0. The largest absolute Gasteiger partial charge is 0.393 e. The van der Waals surface area contributed by atoms with E-state index in [1.807, 2.05) is 13.8 Å². The van der Waals surface area contributed by atoms with E-state index in [0.717, 1.165) is 124 Å². The molecular weight excluding hydrogens is 849 g/mol. The Balaban J connectivity index is 5.02. The monoisotopic (exact) mass is 979 g/mol. The maximum Gasteiger partial charge on any atom is 0.160 e. The van der Waals surface area contributed by atoms with Crippen molar-refractivity contribution in [1.82, 2.24) is 0 Å². The second kappa shape index (κ2) is 42.1. The third-order valence-electron chi connectivity index (χ3n) is 15.8. The first-order valence-electron chi connectivity index (χ1n) is 30.8. The van der Waals surface area contributed by atoms with Crippen molar-refractivity contribution in [3.63, 3.8) is 0 Å². The molecule has 0 aliphatic heterocycles. The van der Waals surface area contributed by atoms with Crippen molar-refractivity contribution in [3.8, 4) is 0 Å². The van der Waals surface area contributed by atoms with Crippen LogP contribution in [0.4, 0.5) is 0 Å². The zero-order valence-corrected chi connectivity index (χ0v) is 50.3. The van der Waals surface area contributed by atoms with Gasteiger partial charge < -0.3 is 24.4 Å². The summed E-state index contributed by atoms with van der Waals surface area (Å²) < 4.78 is 19.9. The van der Waals surface area contributed by atoms with E-state index in [1.165, 1.54) is 116 Å². The fourth-order valence-electron chi connectivity index (χ4n) is 13.7. The lowest BCUT2D eigenvalue weighted by Gasteiger charge is -2.27. The average Bonchev–Trinajstić information content (AvgIpc) is 3.19. The van der Waals surface area contributed by atoms with E-state index in [-0.39, 0.29) is 24.8 Å². The number of ether oxygens (including phenoxy) is 3. The Hall–Kier alpha value is -0.200. The molecular formula is C64H130O5. The summed E-state index contributed by atoms with van der Waals surface area (Å²) in [5.41, 5.74) is 0. The smallest absolute Gasteiger partial charge is 0.160 e. The molecule has 0 aromatic heterocycles. The highest BCUT2D eigenvalue weighted by Gasteiger charge is 2.23. The van der Waals surface area contributed by atoms with E-state index in [0.29, 0.717) is 23.7 Å². The predicted octanol–water partition coefficient (Wildman–Crippen LogP) is 19.5. The molecule has 69 heavy (non-hydrogen) atoms. The highest BCUT2D eigenvalue weighted by molar-refractivity contribution is 4.73. The number of unbranched alkanes of at least 4 members (excludes halogenated alkanes) is 4. The van der Waals surface area contributed by atoms with Gasteiger partial charge in [0.2, 0.25) is 0 Å². The molecule has 0 radical (unpaired) electrons. The van der Waals surface area contributed by atoms with Gasteiger partial charge >= 0.3 is 0 Å². The van der Waals surface area contributed by atoms with Crippen molar-refractivity contribution >= 4 is 0 Å². The highest BCUT2D eigenvalue weighted by atomic mass is 16.8. The molecule has 2 N–H and O–H groups in total. The highest BCUT2D eigenvalue weighted by Crippen LogP contribution is 2.33. The van der Waals surface area contributed by atoms with Gasteiger partial charge in [-0.25, -0.2) is 0 Å². The molecule has 18 unspecified atom stereocenters. The van der Waals surface area contributed by atoms with Crippen LogP contribution in [0.3, 0.4) is 0 Å². The third-order valence-corrected chi connectivity index (χ3v) is 15.8. The standard InChI is InChI=1S/C64H130O5/c1-19-21-23-31-67-63(29-25-27-47(3)33-49(5)35-51(7)37-53(9)39-55(11)41-57(13)43-59(15)45-61(17)65)69-64(68-32-24-22-20-2)30-26-28-48(4)34-50(6)36-52(8)38-54(10)40-56(12)42-58(14)44-60(16)46-62(18)66/h47-66H,19-46H2,1-18H3. The number of hydrogen-bond donors (Lipinski definition) is 2. The van der Waals surface area contributed by atoms with Crippen molar-refractivity contribution in [1.29, 1.82) is 0 Å². The van der Waals surface area contributed by atoms with Gasteiger partial charge in [0, 0.05) is 13.2 Å². The lowest BCUT2D eigenvalue weighted by atomic mass is 9.80. The van der Waals surface area contributed by atoms with Crippen LogP contribution >= 0.6 is 0 Å². The van der Waals surface area contributed by atoms with Gasteiger partial charge in [-0.15, -0.1) is 0 Å². The fourth-order valence-corrected chi connectivity index (χ4v) is 13.7. The first-order chi connectivity index (χ1) is 32.5. The number of aliphatic hydroxyl groups excluding tert-OH is 2. The van der Waals surface area contributed by atoms with Crippen molar-refractivity contribution in [2.24, 2.45) is 82.9 Å². The average molecular weight is 980 g/mol. The minimum Gasteiger partial charge on any atom is -0.393 e. The Labute approximate surface area is 435 Å². The van der Waals surface area contributed by atoms with Gasteiger partial charge in [-0.2, -0.15) is 0 Å². The lowest BCUT2D eigenvalue weighted by Crippen LogP contribution is -2.28. The van der Waals surface area contributed by atoms with Gasteiger partial charge in [0.1, 0.15) is 0 Å². The maximum atomic E-state index is 9.79. The second-order valence-corrected chi connectivity index (χ2v) is 26.5. The molecule has 0 saturated carbocycles. The van der Waals surface area contributed by atoms with Crippen molar-refractivity contribution in [3.05, 3.63) is 0 Å². The molecule has 0 spiro atoms. The lowest BCUT2D eigenvalue weighted by molar-refractivity contribution is -0.250. The van der Waals surface area contributed by atoms with Gasteiger partial charge in [-0.05, 0) is 225 Å². The number of hydrogen-bond acceptors (Lipinski definition) is 5. The summed E-state index contributed by atoms with van der Waals surface area (Å²) in [6.07, 6.45) is 30.6. The topological polar surface area (TPSA) is 68.2 Å². The van der Waals surface area contributed by atoms with E-state index in [2.05, 4.69) is 111 Å². The zero-order chi connectivity index (χ0) is 52.3. The molecule has 0 rings (SSSR count). The van der Waals surface area contributed by atoms with E-state index in [4.69, 9.17) is 14.2 Å². The van der Waals surface area contributed by atoms with Crippen LogP contribution in [-0.2, 0) is 14.2 Å². The van der Waals surface area contributed by atoms with E-state index in [1.54, 1.807) is 0 Å². The van der Waals surface area contributed by atoms with E-state index >= 15 is 0 Å². The van der Waals surface area contributed by atoms with Crippen LogP contribution in [0.5, 0.6) is 0 Å². The number of rotatable bonds is 48. The summed E-state index contributed by atoms with van der Waals surface area (Å²) in [6.45, 7) is 44.2. The molecule has 0 aromatic carbocycles. The molecule has 5 heteroatoms. The molecule has 0 fully saturated rings. The molecule has 0 bridgehead atoms. The summed E-state index contributed by atoms with van der Waals surface area (Å²) in [5.74, 6) is 10.3. The molecule has 0 amide bonds. The van der Waals surface area contributed by atoms with Crippen LogP contribution in [0.2, 0.25) is 0 Å². The SMILES string of the molecule is CCCCCOC(CCCC(C)CC(C)CC(C)CC(C)CC(C)CC(C)CC(C)CC(C)O)OC(CCCC(C)CC(C)CC(C)CC(C)CC(C)CC(C)CC(C)CC(C)O)OCCCCC. The molecule has 0 saturated heterocycles. The fraction of sp³-hybridized carbons (Fsp3) is 1.00. The summed E-state index contributed by atoms with van der Waals surface area (Å²) >= 11 is 0. The Bertz CT molecular complexity index is 1030. The quantitative estimate of drug-likeness (QED) is 0.0470. The van der Waals surface area contributed by atoms with E-state index < -0.39 is 0 Å². The molecule has 416 valence electrons. The van der Waals surface area contributed by atoms with Gasteiger partial charge in [0.05, 0.1) is 12.2 Å². The minimum absolute atomic E-state index is 0.181. The molecule has 0 aliphatic carbocycles. The normalized spacial score (nSPS) is 20.3. The molecule has 0 heterocycles. The Kier molecular flexibility index (Phi) is 41.9. The first kappa shape index (κ1) is 68.8. The first-order valence-corrected chi connectivity index (χ1v) is 30.8. The number of aliphatic hydroxyl groups is 2. The van der Waals surface area contributed by atoms with Crippen molar-refractivity contribution in [2.75, 3.05) is 13.2 Å². The van der Waals surface area contributed by atoms with Gasteiger partial charge in [0.25, 0.3) is 0 Å². The summed E-state index contributed by atoms with van der Waals surface area (Å²) in [7, 11) is 0. The Morgan fingerprint density at radius 1 is 0.261 bits per heavy atom. The van der Waals surface area contributed by atoms with Gasteiger partial charge in [-0.3, -0.25) is 0 Å². The third kappa shape index (κ3) is 41.8. The Morgan fingerprint density at radius 3 is 0.696 bits per heavy atom. The molecule has 0 aromatic rings. The summed E-state index contributed by atoms with van der Waals surface area (Å²) in [5, 5.41) is 19.6. The van der Waals surface area contributed by atoms with Crippen LogP contribution in [0, 0.1) is 82.9 Å². The minimum atomic E-state index is -0.183. The van der Waals surface area contributed by atoms with Crippen LogP contribution in [-0.4, -0.2) is 48.2 Å². The van der Waals surface area contributed by atoms with Gasteiger partial charge in [0.15, 0.2) is 12.6 Å². The zero-order valence-electron chi connectivity index (χ0n) is 50.3. The van der Waals surface area contributed by atoms with Crippen LogP contribution in [0.25, 0.3) is 0 Å². The molecule has 5 nitrogen and oxygen atoms in total. The summed E-state index contributed by atoms with van der Waals surface area (Å²) in [6, 6.07) is 0. The molecule has 0 aliphatic rings. The predicted molar refractivity (Wildman–Crippen MR) is 304 cm³/mol. The second-order valence-electron chi connectivity index (χ2n) is 26.5. The van der Waals surface area contributed by atoms with Gasteiger partial charge in [-0.1, -0.05) is 149 Å². The Morgan fingerprint density at radius 2 is 0.478 bits per heavy atom. The van der Waals surface area contributed by atoms with Crippen molar-refractivity contribution < 1.29 is 24.4 Å².